The third kappa shape index (κ3) is 5.17. The molecule has 1 saturated heterocycles. The van der Waals surface area contributed by atoms with Gasteiger partial charge in [-0.15, -0.1) is 0 Å². The van der Waals surface area contributed by atoms with Crippen molar-refractivity contribution < 1.29 is 31.2 Å². The summed E-state index contributed by atoms with van der Waals surface area (Å²) in [5.74, 6) is -1.45. The molecular formula is C28H23F3N4O4S. The van der Waals surface area contributed by atoms with Crippen molar-refractivity contribution in [2.24, 2.45) is 5.92 Å². The second kappa shape index (κ2) is 10.4. The highest BCUT2D eigenvalue weighted by molar-refractivity contribution is 7.89. The fraction of sp³-hybridized carbons (Fsp3) is 0.250. The Balaban J connectivity index is 1.36. The van der Waals surface area contributed by atoms with Gasteiger partial charge in [0.05, 0.1) is 22.4 Å². The van der Waals surface area contributed by atoms with Crippen molar-refractivity contribution >= 4 is 21.8 Å². The van der Waals surface area contributed by atoms with Crippen LogP contribution in [-0.4, -0.2) is 42.5 Å². The van der Waals surface area contributed by atoms with E-state index in [1.807, 2.05) is 6.07 Å². The zero-order valence-corrected chi connectivity index (χ0v) is 21.7. The number of hydrogen-bond acceptors (Lipinski definition) is 5. The van der Waals surface area contributed by atoms with E-state index in [1.165, 1.54) is 45.6 Å². The fourth-order valence-corrected chi connectivity index (χ4v) is 6.35. The van der Waals surface area contributed by atoms with Gasteiger partial charge in [0.2, 0.25) is 15.9 Å². The van der Waals surface area contributed by atoms with E-state index >= 15 is 0 Å². The lowest BCUT2D eigenvalue weighted by Gasteiger charge is -2.34. The van der Waals surface area contributed by atoms with Crippen molar-refractivity contribution in [3.05, 3.63) is 101 Å². The van der Waals surface area contributed by atoms with Crippen molar-refractivity contribution in [3.8, 4) is 6.07 Å². The van der Waals surface area contributed by atoms with E-state index in [-0.39, 0.29) is 42.6 Å². The molecule has 3 aromatic carbocycles. The van der Waals surface area contributed by atoms with Gasteiger partial charge in [0.1, 0.15) is 6.04 Å². The molecule has 0 aliphatic carbocycles. The molecule has 2 amide bonds. The van der Waals surface area contributed by atoms with E-state index in [0.717, 1.165) is 17.7 Å². The van der Waals surface area contributed by atoms with Gasteiger partial charge < -0.3 is 10.2 Å². The second-order valence-corrected chi connectivity index (χ2v) is 11.6. The zero-order chi connectivity index (χ0) is 28.7. The van der Waals surface area contributed by atoms with Crippen LogP contribution in [0.15, 0.2) is 77.7 Å². The van der Waals surface area contributed by atoms with E-state index in [4.69, 9.17) is 5.26 Å². The first-order chi connectivity index (χ1) is 19.0. The molecule has 1 N–H and O–H groups in total. The maximum Gasteiger partial charge on any atom is 0.416 e. The Bertz CT molecular complexity index is 1610. The highest BCUT2D eigenvalue weighted by atomic mass is 32.2. The van der Waals surface area contributed by atoms with E-state index < -0.39 is 39.6 Å². The van der Waals surface area contributed by atoms with Crippen molar-refractivity contribution in [1.82, 2.24) is 14.5 Å². The molecule has 0 unspecified atom stereocenters. The Morgan fingerprint density at radius 2 is 1.70 bits per heavy atom. The average molecular weight is 569 g/mol. The topological polar surface area (TPSA) is 111 Å². The predicted octanol–water partition coefficient (Wildman–Crippen LogP) is 3.86. The Kier molecular flexibility index (Phi) is 7.12. The van der Waals surface area contributed by atoms with E-state index in [1.54, 1.807) is 24.3 Å². The van der Waals surface area contributed by atoms with Gasteiger partial charge in [0, 0.05) is 31.7 Å². The average Bonchev–Trinajstić information content (AvgIpc) is 3.30. The van der Waals surface area contributed by atoms with Gasteiger partial charge in [0.25, 0.3) is 5.91 Å². The minimum Gasteiger partial charge on any atom is -0.350 e. The molecule has 12 heteroatoms. The van der Waals surface area contributed by atoms with Crippen LogP contribution in [0.4, 0.5) is 13.2 Å². The molecule has 3 aromatic rings. The zero-order valence-electron chi connectivity index (χ0n) is 20.9. The van der Waals surface area contributed by atoms with Gasteiger partial charge in [-0.3, -0.25) is 9.59 Å². The Hall–Kier alpha value is -4.21. The molecule has 0 radical (unpaired) electrons. The molecule has 40 heavy (non-hydrogen) atoms. The normalized spacial score (nSPS) is 17.6. The van der Waals surface area contributed by atoms with E-state index in [0.29, 0.717) is 11.1 Å². The number of fused-ring (bicyclic) bond motifs is 1. The van der Waals surface area contributed by atoms with Crippen LogP contribution < -0.4 is 5.32 Å². The summed E-state index contributed by atoms with van der Waals surface area (Å²) in [5.41, 5.74) is 1.08. The van der Waals surface area contributed by atoms with Gasteiger partial charge in [-0.25, -0.2) is 8.42 Å². The summed E-state index contributed by atoms with van der Waals surface area (Å²) >= 11 is 0. The summed E-state index contributed by atoms with van der Waals surface area (Å²) in [6.45, 7) is 0.227. The van der Waals surface area contributed by atoms with E-state index in [2.05, 4.69) is 5.32 Å². The molecule has 0 aromatic heterocycles. The maximum absolute atomic E-state index is 13.7. The number of alkyl halides is 3. The standard InChI is InChI=1S/C28H23F3N4O4S/c29-28(30,31)22-10-8-18(9-11-22)14-33-26(36)25-24-7-2-1-4-21(24)17-35(25)27(37)20-5-3-6-23(12-20)40(38,39)34-15-19(13-32)16-34/h1-12,19,25H,14-17H2,(H,33,36)/t25-/m0/s1. The fourth-order valence-electron chi connectivity index (χ4n) is 4.78. The van der Waals surface area contributed by atoms with Crippen LogP contribution in [0.1, 0.15) is 38.7 Å². The smallest absolute Gasteiger partial charge is 0.350 e. The molecule has 2 aliphatic heterocycles. The number of halogens is 3. The molecule has 0 saturated carbocycles. The highest BCUT2D eigenvalue weighted by Gasteiger charge is 2.40. The third-order valence-corrected chi connectivity index (χ3v) is 8.84. The molecule has 1 fully saturated rings. The van der Waals surface area contributed by atoms with Gasteiger partial charge in [0.15, 0.2) is 0 Å². The molecule has 1 atom stereocenters. The minimum atomic E-state index is -4.47. The summed E-state index contributed by atoms with van der Waals surface area (Å²) in [5, 5.41) is 11.7. The SMILES string of the molecule is N#CC1CN(S(=O)(=O)c2cccc(C(=O)N3Cc4ccccc4[C@H]3C(=O)NCc3ccc(C(F)(F)F)cc3)c2)C1. The summed E-state index contributed by atoms with van der Waals surface area (Å²) in [7, 11) is -3.90. The first-order valence-electron chi connectivity index (χ1n) is 12.3. The number of benzene rings is 3. The molecule has 0 bridgehead atoms. The number of carbonyl (C=O) groups is 2. The summed E-state index contributed by atoms with van der Waals surface area (Å²) < 4.78 is 65.7. The summed E-state index contributed by atoms with van der Waals surface area (Å²) in [6, 6.07) is 18.0. The van der Waals surface area contributed by atoms with Gasteiger partial charge in [-0.05, 0) is 47.0 Å². The molecule has 0 spiro atoms. The Labute approximate surface area is 228 Å². The lowest BCUT2D eigenvalue weighted by molar-refractivity contribution is -0.137. The summed E-state index contributed by atoms with van der Waals surface area (Å²) in [4.78, 5) is 28.3. The second-order valence-electron chi connectivity index (χ2n) is 9.62. The molecule has 2 heterocycles. The highest BCUT2D eigenvalue weighted by Crippen LogP contribution is 2.36. The molecule has 2 aliphatic rings. The maximum atomic E-state index is 13.7. The Morgan fingerprint density at radius 3 is 2.38 bits per heavy atom. The monoisotopic (exact) mass is 568 g/mol. The van der Waals surface area contributed by atoms with Crippen LogP contribution in [0.25, 0.3) is 0 Å². The van der Waals surface area contributed by atoms with Crippen molar-refractivity contribution in [2.45, 2.75) is 30.2 Å². The molecule has 206 valence electrons. The Morgan fingerprint density at radius 1 is 1.00 bits per heavy atom. The van der Waals surface area contributed by atoms with Crippen LogP contribution in [0.5, 0.6) is 0 Å². The van der Waals surface area contributed by atoms with E-state index in [9.17, 15) is 31.2 Å². The van der Waals surface area contributed by atoms with Crippen LogP contribution in [0, 0.1) is 17.2 Å². The van der Waals surface area contributed by atoms with Crippen LogP contribution in [0.2, 0.25) is 0 Å². The largest absolute Gasteiger partial charge is 0.416 e. The molecule has 8 nitrogen and oxygen atoms in total. The number of nitriles is 1. The van der Waals surface area contributed by atoms with Crippen LogP contribution in [0.3, 0.4) is 0 Å². The minimum absolute atomic E-state index is 0.0507. The lowest BCUT2D eigenvalue weighted by Crippen LogP contribution is -2.49. The molecule has 5 rings (SSSR count). The number of nitrogens with one attached hydrogen (secondary N) is 1. The summed E-state index contributed by atoms with van der Waals surface area (Å²) in [6.07, 6.45) is -4.47. The number of sulfonamides is 1. The first kappa shape index (κ1) is 27.4. The van der Waals surface area contributed by atoms with Crippen molar-refractivity contribution in [1.29, 1.82) is 5.26 Å². The van der Waals surface area contributed by atoms with Crippen LogP contribution >= 0.6 is 0 Å². The van der Waals surface area contributed by atoms with Gasteiger partial charge in [-0.1, -0.05) is 42.5 Å². The lowest BCUT2D eigenvalue weighted by atomic mass is 10.0. The number of rotatable bonds is 6. The first-order valence-corrected chi connectivity index (χ1v) is 13.8. The predicted molar refractivity (Wildman–Crippen MR) is 137 cm³/mol. The number of nitrogens with zero attached hydrogens (tertiary/aromatic N) is 3. The van der Waals surface area contributed by atoms with Crippen molar-refractivity contribution in [3.63, 3.8) is 0 Å². The third-order valence-electron chi connectivity index (χ3n) is 7.01. The molecular weight excluding hydrogens is 545 g/mol. The van der Waals surface area contributed by atoms with Gasteiger partial charge in [-0.2, -0.15) is 22.7 Å². The number of carbonyl (C=O) groups excluding carboxylic acids is 2. The number of hydrogen-bond donors (Lipinski definition) is 1. The van der Waals surface area contributed by atoms with Gasteiger partial charge >= 0.3 is 6.18 Å². The number of amides is 2. The van der Waals surface area contributed by atoms with Crippen molar-refractivity contribution in [2.75, 3.05) is 13.1 Å². The quantitative estimate of drug-likeness (QED) is 0.486. The van der Waals surface area contributed by atoms with Crippen LogP contribution in [-0.2, 0) is 34.1 Å².